The van der Waals surface area contributed by atoms with Crippen LogP contribution >= 0.6 is 7.82 Å². The summed E-state index contributed by atoms with van der Waals surface area (Å²) in [4.78, 5) is 34.9. The highest BCUT2D eigenvalue weighted by atomic mass is 31.2. The lowest BCUT2D eigenvalue weighted by molar-refractivity contribution is -0.161. The second-order valence-electron chi connectivity index (χ2n) is 14.2. The summed E-state index contributed by atoms with van der Waals surface area (Å²) in [7, 11) is -4.40. The number of nitrogens with two attached hydrogens (primary N) is 1. The summed E-state index contributed by atoms with van der Waals surface area (Å²) >= 11 is 0. The smallest absolute Gasteiger partial charge is 0.462 e. The maximum absolute atomic E-state index is 12.6. The lowest BCUT2D eigenvalue weighted by Gasteiger charge is -2.19. The van der Waals surface area contributed by atoms with Gasteiger partial charge >= 0.3 is 19.8 Å². The molecule has 0 rings (SSSR count). The van der Waals surface area contributed by atoms with Gasteiger partial charge in [-0.25, -0.2) is 4.57 Å². The van der Waals surface area contributed by atoms with Crippen LogP contribution in [-0.2, 0) is 32.7 Å². The van der Waals surface area contributed by atoms with Crippen LogP contribution in [0.1, 0.15) is 168 Å². The molecule has 0 heterocycles. The van der Waals surface area contributed by atoms with Crippen LogP contribution in [0.3, 0.4) is 0 Å². The molecule has 0 saturated carbocycles. The van der Waals surface area contributed by atoms with Crippen molar-refractivity contribution >= 4 is 19.8 Å². The molecule has 0 saturated heterocycles. The van der Waals surface area contributed by atoms with Crippen LogP contribution in [0.25, 0.3) is 0 Å². The molecule has 2 atom stereocenters. The standard InChI is InChI=1S/C47H80NO8P/c1-3-5-7-9-11-13-15-17-19-21-22-24-25-27-29-31-33-35-37-39-46(49)53-43-45(44-55-57(51,52)54-42-41-48)56-47(50)40-38-36-34-32-30-28-26-23-20-18-16-14-12-10-8-6-4-2/h5,7,11,13-14,16-17,19,22,24,27,29,33,35,45H,3-4,6,8-10,12,15,18,20-21,23,25-26,28,30-32,34,36-44,48H2,1-2H3,(H,51,52)/b7-5+,13-11+,16-14+,19-17+,24-22+,29-27+,35-33+/t45-/m1/s1. The maximum Gasteiger partial charge on any atom is 0.472 e. The SMILES string of the molecule is CC/C=C/C/C=C/C/C=C/C/C=C/C/C=C/C/C=C/CCC(=O)OC[C@H](COP(=O)(O)OCCN)OC(=O)CCCCCCCCCCC/C=C/CCCCCC. The fraction of sp³-hybridized carbons (Fsp3) is 0.660. The Balaban J connectivity index is 4.28. The predicted molar refractivity (Wildman–Crippen MR) is 238 cm³/mol. The van der Waals surface area contributed by atoms with Gasteiger partial charge in [0.05, 0.1) is 13.2 Å². The molecule has 0 aliphatic rings. The van der Waals surface area contributed by atoms with E-state index in [1.807, 2.05) is 12.2 Å². The van der Waals surface area contributed by atoms with E-state index in [-0.39, 0.29) is 32.6 Å². The van der Waals surface area contributed by atoms with E-state index in [4.69, 9.17) is 24.3 Å². The molecule has 0 aromatic rings. The zero-order valence-electron chi connectivity index (χ0n) is 35.8. The highest BCUT2D eigenvalue weighted by Gasteiger charge is 2.25. The molecule has 0 bridgehead atoms. The maximum atomic E-state index is 12.6. The van der Waals surface area contributed by atoms with Gasteiger partial charge in [0.1, 0.15) is 6.61 Å². The molecule has 0 aromatic carbocycles. The van der Waals surface area contributed by atoms with Crippen LogP contribution in [0, 0.1) is 0 Å². The molecule has 3 N–H and O–H groups in total. The normalized spacial score (nSPS) is 14.1. The van der Waals surface area contributed by atoms with Crippen LogP contribution in [0.4, 0.5) is 0 Å². The zero-order valence-corrected chi connectivity index (χ0v) is 36.7. The Morgan fingerprint density at radius 1 is 0.544 bits per heavy atom. The van der Waals surface area contributed by atoms with Gasteiger partial charge in [-0.05, 0) is 77.0 Å². The van der Waals surface area contributed by atoms with Gasteiger partial charge in [-0.2, -0.15) is 0 Å². The molecule has 0 spiro atoms. The van der Waals surface area contributed by atoms with Crippen molar-refractivity contribution in [3.8, 4) is 0 Å². The molecule has 0 radical (unpaired) electrons. The Bertz CT molecular complexity index is 1210. The molecule has 9 nitrogen and oxygen atoms in total. The number of unbranched alkanes of at least 4 members (excludes halogenated alkanes) is 13. The first-order valence-corrected chi connectivity index (χ1v) is 23.6. The van der Waals surface area contributed by atoms with Crippen molar-refractivity contribution in [2.45, 2.75) is 174 Å². The largest absolute Gasteiger partial charge is 0.472 e. The number of carbonyl (C=O) groups is 2. The van der Waals surface area contributed by atoms with Crippen molar-refractivity contribution in [2.75, 3.05) is 26.4 Å². The summed E-state index contributed by atoms with van der Waals surface area (Å²) in [6, 6.07) is 0. The molecular weight excluding hydrogens is 737 g/mol. The number of esters is 2. The number of ether oxygens (including phenoxy) is 2. The average molecular weight is 818 g/mol. The third kappa shape index (κ3) is 42.6. The quantitative estimate of drug-likeness (QED) is 0.0268. The number of hydrogen-bond acceptors (Lipinski definition) is 8. The molecular formula is C47H80NO8P. The number of rotatable bonds is 40. The van der Waals surface area contributed by atoms with Crippen LogP contribution < -0.4 is 5.73 Å². The Labute approximate surface area is 347 Å². The van der Waals surface area contributed by atoms with Gasteiger partial charge in [-0.3, -0.25) is 18.6 Å². The molecule has 0 amide bonds. The fourth-order valence-corrected chi connectivity index (χ4v) is 6.30. The number of phosphoric acid groups is 1. The lowest BCUT2D eigenvalue weighted by atomic mass is 10.1. The number of allylic oxidation sites excluding steroid dienone is 14. The van der Waals surface area contributed by atoms with Gasteiger partial charge < -0.3 is 20.1 Å². The number of carbonyl (C=O) groups excluding carboxylic acids is 2. The highest BCUT2D eigenvalue weighted by Crippen LogP contribution is 2.43. The third-order valence-corrected chi connectivity index (χ3v) is 9.76. The molecule has 1 unspecified atom stereocenters. The van der Waals surface area contributed by atoms with Crippen molar-refractivity contribution in [2.24, 2.45) is 5.73 Å². The average Bonchev–Trinajstić information content (AvgIpc) is 3.20. The van der Waals surface area contributed by atoms with Crippen LogP contribution in [0.15, 0.2) is 85.1 Å². The number of hydrogen-bond donors (Lipinski definition) is 2. The first-order valence-electron chi connectivity index (χ1n) is 22.1. The first kappa shape index (κ1) is 54.2. The summed E-state index contributed by atoms with van der Waals surface area (Å²) < 4.78 is 32.7. The van der Waals surface area contributed by atoms with Crippen molar-refractivity contribution < 1.29 is 37.6 Å². The second kappa shape index (κ2) is 42.8. The minimum Gasteiger partial charge on any atom is -0.462 e. The minimum atomic E-state index is -4.40. The van der Waals surface area contributed by atoms with Crippen LogP contribution in [0.5, 0.6) is 0 Å². The highest BCUT2D eigenvalue weighted by molar-refractivity contribution is 7.47. The van der Waals surface area contributed by atoms with E-state index in [0.717, 1.165) is 57.8 Å². The van der Waals surface area contributed by atoms with E-state index in [0.29, 0.717) is 12.8 Å². The molecule has 0 aromatic heterocycles. The molecule has 0 aliphatic carbocycles. The minimum absolute atomic E-state index is 0.0396. The lowest BCUT2D eigenvalue weighted by Crippen LogP contribution is -2.29. The van der Waals surface area contributed by atoms with E-state index in [1.165, 1.54) is 70.6 Å². The van der Waals surface area contributed by atoms with Gasteiger partial charge in [-0.15, -0.1) is 0 Å². The topological polar surface area (TPSA) is 134 Å². The Morgan fingerprint density at radius 2 is 1.00 bits per heavy atom. The van der Waals surface area contributed by atoms with Crippen molar-refractivity contribution in [1.29, 1.82) is 0 Å². The number of phosphoric ester groups is 1. The summed E-state index contributed by atoms with van der Waals surface area (Å²) in [5.74, 6) is -0.935. The Morgan fingerprint density at radius 3 is 1.51 bits per heavy atom. The zero-order chi connectivity index (χ0) is 41.8. The van der Waals surface area contributed by atoms with E-state index in [2.05, 4.69) is 86.8 Å². The molecule has 326 valence electrons. The Hall–Kier alpha value is -2.81. The summed E-state index contributed by atoms with van der Waals surface area (Å²) in [5.41, 5.74) is 5.34. The first-order chi connectivity index (χ1) is 27.8. The van der Waals surface area contributed by atoms with E-state index in [9.17, 15) is 19.0 Å². The van der Waals surface area contributed by atoms with E-state index < -0.39 is 32.5 Å². The van der Waals surface area contributed by atoms with Crippen LogP contribution in [0.2, 0.25) is 0 Å². The van der Waals surface area contributed by atoms with Gasteiger partial charge in [0.15, 0.2) is 6.10 Å². The van der Waals surface area contributed by atoms with Crippen molar-refractivity contribution in [1.82, 2.24) is 0 Å². The summed E-state index contributed by atoms with van der Waals surface area (Å²) in [6.45, 7) is 3.51. The summed E-state index contributed by atoms with van der Waals surface area (Å²) in [5, 5.41) is 0. The molecule has 0 fully saturated rings. The second-order valence-corrected chi connectivity index (χ2v) is 15.6. The molecule has 10 heteroatoms. The van der Waals surface area contributed by atoms with E-state index >= 15 is 0 Å². The summed E-state index contributed by atoms with van der Waals surface area (Å²) in [6.07, 6.45) is 53.4. The van der Waals surface area contributed by atoms with Crippen LogP contribution in [-0.4, -0.2) is 49.3 Å². The molecule has 57 heavy (non-hydrogen) atoms. The van der Waals surface area contributed by atoms with Gasteiger partial charge in [0, 0.05) is 19.4 Å². The monoisotopic (exact) mass is 818 g/mol. The Kier molecular flexibility index (Phi) is 40.7. The van der Waals surface area contributed by atoms with Crippen molar-refractivity contribution in [3.63, 3.8) is 0 Å². The van der Waals surface area contributed by atoms with Gasteiger partial charge in [0.25, 0.3) is 0 Å². The molecule has 0 aliphatic heterocycles. The third-order valence-electron chi connectivity index (χ3n) is 8.78. The van der Waals surface area contributed by atoms with Gasteiger partial charge in [0.2, 0.25) is 0 Å². The fourth-order valence-electron chi connectivity index (χ4n) is 5.54. The van der Waals surface area contributed by atoms with Crippen molar-refractivity contribution in [3.05, 3.63) is 85.1 Å². The van der Waals surface area contributed by atoms with Gasteiger partial charge in [-0.1, -0.05) is 163 Å². The van der Waals surface area contributed by atoms with E-state index in [1.54, 1.807) is 0 Å². The predicted octanol–water partition coefficient (Wildman–Crippen LogP) is 12.8.